The number of rotatable bonds is 11. The molecule has 1 N–H and O–H groups in total. The zero-order valence-electron chi connectivity index (χ0n) is 27.0. The molecule has 0 spiro atoms. The Morgan fingerprint density at radius 1 is 0.776 bits per heavy atom. The lowest BCUT2D eigenvalue weighted by Crippen LogP contribution is -2.66. The molecule has 0 radical (unpaired) electrons. The summed E-state index contributed by atoms with van der Waals surface area (Å²) in [6.07, 6.45) is -10.4. The van der Waals surface area contributed by atoms with E-state index in [0.29, 0.717) is 0 Å². The van der Waals surface area contributed by atoms with Gasteiger partial charge in [0.05, 0.1) is 22.3 Å². The van der Waals surface area contributed by atoms with Crippen molar-refractivity contribution < 1.29 is 51.1 Å². The Hall–Kier alpha value is -3.82. The van der Waals surface area contributed by atoms with Gasteiger partial charge in [-0.25, -0.2) is 14.4 Å². The van der Waals surface area contributed by atoms with Crippen LogP contribution in [0.5, 0.6) is 0 Å². The summed E-state index contributed by atoms with van der Waals surface area (Å²) in [6, 6.07) is 21.1. The van der Waals surface area contributed by atoms with Crippen molar-refractivity contribution in [3.8, 4) is 0 Å². The van der Waals surface area contributed by atoms with E-state index in [2.05, 4.69) is 11.3 Å². The number of esters is 3. The largest absolute Gasteiger partial charge is 0.598 e. The number of hydrogen-bond acceptors (Lipinski definition) is 10. The van der Waals surface area contributed by atoms with Crippen molar-refractivity contribution >= 4 is 41.0 Å². The standard InChI is InChI=1S/C35H36F3NO8S2/c1-21(35(36,37)38)25(39-49(43)34(2,3)4)26-27(44-30(40)22-15-9-6-10-16-22)28(45-31(41)23-17-11-7-12-18-23)29(33(47-26)48-5)46-32(42)24-19-13-8-14-20-24/h6-20,25-29,33,39H,1H2,2-5H3/t25-,26-,27?,28?,29-,33?,49-/m1/s1. The fraction of sp³-hybridized carbons (Fsp3) is 0.343. The lowest BCUT2D eigenvalue weighted by molar-refractivity contribution is -0.206. The average Bonchev–Trinajstić information content (AvgIpc) is 3.08. The molecule has 1 fully saturated rings. The molecule has 3 aromatic rings. The van der Waals surface area contributed by atoms with Gasteiger partial charge in [-0.3, -0.25) is 0 Å². The van der Waals surface area contributed by atoms with Crippen LogP contribution in [0.2, 0.25) is 0 Å². The highest BCUT2D eigenvalue weighted by Gasteiger charge is 2.58. The number of carbonyl (C=O) groups excluding carboxylic acids is 3. The van der Waals surface area contributed by atoms with E-state index in [1.165, 1.54) is 36.4 Å². The van der Waals surface area contributed by atoms with E-state index in [4.69, 9.17) is 18.9 Å². The lowest BCUT2D eigenvalue weighted by Gasteiger charge is -2.47. The molecule has 0 aliphatic carbocycles. The maximum atomic E-state index is 14.4. The first-order chi connectivity index (χ1) is 23.1. The third-order valence-corrected chi connectivity index (χ3v) is 9.80. The normalized spacial score (nSPS) is 22.3. The molecule has 0 aromatic heterocycles. The van der Waals surface area contributed by atoms with E-state index in [1.54, 1.807) is 81.6 Å². The van der Waals surface area contributed by atoms with Gasteiger partial charge in [-0.05, 0) is 63.4 Å². The molecular formula is C35H36F3NO8S2. The number of hydrogen-bond donors (Lipinski definition) is 1. The predicted molar refractivity (Wildman–Crippen MR) is 179 cm³/mol. The zero-order chi connectivity index (χ0) is 35.9. The third-order valence-electron chi connectivity index (χ3n) is 7.38. The summed E-state index contributed by atoms with van der Waals surface area (Å²) < 4.78 is 81.9. The Labute approximate surface area is 289 Å². The van der Waals surface area contributed by atoms with Crippen LogP contribution in [-0.2, 0) is 30.3 Å². The minimum absolute atomic E-state index is 0.0247. The molecule has 0 saturated carbocycles. The van der Waals surface area contributed by atoms with Crippen LogP contribution >= 0.6 is 11.8 Å². The van der Waals surface area contributed by atoms with Gasteiger partial charge in [-0.15, -0.1) is 16.5 Å². The van der Waals surface area contributed by atoms with Crippen LogP contribution in [-0.4, -0.2) is 75.5 Å². The van der Waals surface area contributed by atoms with Gasteiger partial charge in [0, 0.05) is 11.4 Å². The molecule has 9 nitrogen and oxygen atoms in total. The van der Waals surface area contributed by atoms with Gasteiger partial charge in [-0.1, -0.05) is 61.2 Å². The molecule has 7 atom stereocenters. The van der Waals surface area contributed by atoms with Gasteiger partial charge in [0.2, 0.25) is 0 Å². The van der Waals surface area contributed by atoms with Gasteiger partial charge in [-0.2, -0.15) is 13.2 Å². The Morgan fingerprint density at radius 3 is 1.53 bits per heavy atom. The molecule has 49 heavy (non-hydrogen) atoms. The fourth-order valence-corrected chi connectivity index (χ4v) is 6.37. The number of carbonyl (C=O) groups is 3. The Balaban J connectivity index is 1.88. The Morgan fingerprint density at radius 2 is 1.16 bits per heavy atom. The van der Waals surface area contributed by atoms with Crippen molar-refractivity contribution in [2.24, 2.45) is 0 Å². The second-order valence-electron chi connectivity index (χ2n) is 11.9. The van der Waals surface area contributed by atoms with Crippen molar-refractivity contribution in [1.29, 1.82) is 0 Å². The minimum atomic E-state index is -5.03. The first kappa shape index (κ1) is 38.0. The molecule has 0 bridgehead atoms. The van der Waals surface area contributed by atoms with E-state index in [-0.39, 0.29) is 16.7 Å². The number of alkyl halides is 3. The maximum Gasteiger partial charge on any atom is 0.413 e. The maximum absolute atomic E-state index is 14.4. The minimum Gasteiger partial charge on any atom is -0.598 e. The lowest BCUT2D eigenvalue weighted by atomic mass is 9.90. The van der Waals surface area contributed by atoms with E-state index < -0.39 is 81.7 Å². The van der Waals surface area contributed by atoms with Crippen molar-refractivity contribution in [2.45, 2.75) is 67.6 Å². The van der Waals surface area contributed by atoms with Crippen LogP contribution in [0.25, 0.3) is 0 Å². The summed E-state index contributed by atoms with van der Waals surface area (Å²) in [6.45, 7) is 7.90. The molecule has 14 heteroatoms. The number of ether oxygens (including phenoxy) is 4. The summed E-state index contributed by atoms with van der Waals surface area (Å²) in [5.74, 6) is -2.79. The van der Waals surface area contributed by atoms with E-state index >= 15 is 0 Å². The van der Waals surface area contributed by atoms with E-state index in [9.17, 15) is 32.1 Å². The predicted octanol–water partition coefficient (Wildman–Crippen LogP) is 6.29. The molecule has 1 heterocycles. The molecule has 1 aliphatic heterocycles. The molecule has 0 amide bonds. The summed E-state index contributed by atoms with van der Waals surface area (Å²) in [7, 11) is 0. The summed E-state index contributed by atoms with van der Waals surface area (Å²) in [5.41, 5.74) is -2.44. The van der Waals surface area contributed by atoms with Crippen LogP contribution in [0.15, 0.2) is 103 Å². The van der Waals surface area contributed by atoms with Crippen molar-refractivity contribution in [3.63, 3.8) is 0 Å². The smallest absolute Gasteiger partial charge is 0.413 e. The summed E-state index contributed by atoms with van der Waals surface area (Å²) >= 11 is -1.17. The van der Waals surface area contributed by atoms with Crippen LogP contribution in [0, 0.1) is 0 Å². The number of halogens is 3. The molecule has 1 aliphatic rings. The molecule has 1 saturated heterocycles. The van der Waals surface area contributed by atoms with E-state index in [1.807, 2.05) is 0 Å². The highest BCUT2D eigenvalue weighted by molar-refractivity contribution is 7.99. The first-order valence-electron chi connectivity index (χ1n) is 15.0. The zero-order valence-corrected chi connectivity index (χ0v) is 28.7. The average molecular weight is 720 g/mol. The van der Waals surface area contributed by atoms with Crippen molar-refractivity contribution in [2.75, 3.05) is 6.26 Å². The van der Waals surface area contributed by atoms with Gasteiger partial charge in [0.1, 0.15) is 22.3 Å². The third kappa shape index (κ3) is 9.67. The van der Waals surface area contributed by atoms with Crippen LogP contribution in [0.1, 0.15) is 51.8 Å². The highest BCUT2D eigenvalue weighted by Crippen LogP contribution is 2.39. The summed E-state index contributed by atoms with van der Waals surface area (Å²) in [5, 5.41) is 0. The number of thioether (sulfide) groups is 1. The molecule has 262 valence electrons. The van der Waals surface area contributed by atoms with Crippen molar-refractivity contribution in [3.05, 3.63) is 120 Å². The van der Waals surface area contributed by atoms with Crippen LogP contribution in [0.4, 0.5) is 13.2 Å². The van der Waals surface area contributed by atoms with Crippen molar-refractivity contribution in [1.82, 2.24) is 4.72 Å². The molecule has 3 unspecified atom stereocenters. The van der Waals surface area contributed by atoms with Gasteiger partial charge in [0.25, 0.3) is 0 Å². The molecule has 4 rings (SSSR count). The second kappa shape index (κ2) is 16.3. The summed E-state index contributed by atoms with van der Waals surface area (Å²) in [4.78, 5) is 40.5. The highest BCUT2D eigenvalue weighted by atomic mass is 32.2. The fourth-order valence-electron chi connectivity index (χ4n) is 4.79. The van der Waals surface area contributed by atoms with Gasteiger partial charge < -0.3 is 23.5 Å². The van der Waals surface area contributed by atoms with Gasteiger partial charge >= 0.3 is 24.1 Å². The first-order valence-corrected chi connectivity index (χ1v) is 17.5. The molecular weight excluding hydrogens is 684 g/mol. The monoisotopic (exact) mass is 719 g/mol. The van der Waals surface area contributed by atoms with Crippen LogP contribution < -0.4 is 4.72 Å². The van der Waals surface area contributed by atoms with E-state index in [0.717, 1.165) is 11.8 Å². The molecule has 3 aromatic carbocycles. The number of nitrogens with one attached hydrogen (secondary N) is 1. The quantitative estimate of drug-likeness (QED) is 0.105. The SMILES string of the molecule is C=C([C@@H](N[S@+]([O-])C(C)(C)C)[C@H]1OC(SC)[C@H](OC(=O)c2ccccc2)C(OC(=O)c2ccccc2)C1OC(=O)c1ccccc1)C(F)(F)F. The topological polar surface area (TPSA) is 123 Å². The Bertz CT molecular complexity index is 1590. The number of benzene rings is 3. The van der Waals surface area contributed by atoms with Gasteiger partial charge in [0.15, 0.2) is 18.3 Å². The Kier molecular flexibility index (Phi) is 12.6. The van der Waals surface area contributed by atoms with Crippen LogP contribution in [0.3, 0.4) is 0 Å². The second-order valence-corrected chi connectivity index (χ2v) is 14.8.